The molecule has 1 saturated carbocycles. The molecule has 1 aliphatic heterocycles. The number of hydrogen-bond donors (Lipinski definition) is 2. The minimum Gasteiger partial charge on any atom is -0.353 e. The van der Waals surface area contributed by atoms with Crippen molar-refractivity contribution in [2.24, 2.45) is 5.92 Å². The van der Waals surface area contributed by atoms with Gasteiger partial charge in [-0.05, 0) is 43.9 Å². The summed E-state index contributed by atoms with van der Waals surface area (Å²) in [4.78, 5) is 25.0. The fraction of sp³-hybridized carbons (Fsp3) is 0.545. The van der Waals surface area contributed by atoms with Crippen LogP contribution in [0, 0.1) is 5.92 Å². The van der Waals surface area contributed by atoms with Crippen LogP contribution in [0.25, 0.3) is 0 Å². The molecular weight excluding hydrogens is 402 g/mol. The third-order valence-corrected chi connectivity index (χ3v) is 7.71. The van der Waals surface area contributed by atoms with Gasteiger partial charge in [-0.3, -0.25) is 9.59 Å². The quantitative estimate of drug-likeness (QED) is 0.646. The van der Waals surface area contributed by atoms with Crippen molar-refractivity contribution in [3.05, 3.63) is 42.5 Å². The van der Waals surface area contributed by atoms with Gasteiger partial charge in [0.25, 0.3) is 5.91 Å². The number of nitrogens with zero attached hydrogens (tertiary/aromatic N) is 1. The molecule has 1 heterocycles. The molecule has 2 fully saturated rings. The Bertz CT molecular complexity index is 878. The van der Waals surface area contributed by atoms with Crippen LogP contribution in [0.3, 0.4) is 0 Å². The van der Waals surface area contributed by atoms with Crippen LogP contribution in [-0.2, 0) is 14.8 Å². The van der Waals surface area contributed by atoms with Crippen LogP contribution < -0.4 is 10.6 Å². The first kappa shape index (κ1) is 22.5. The molecule has 0 aromatic heterocycles. The van der Waals surface area contributed by atoms with Crippen LogP contribution in [0.2, 0.25) is 0 Å². The molecule has 1 saturated heterocycles. The topological polar surface area (TPSA) is 95.6 Å². The van der Waals surface area contributed by atoms with Crippen molar-refractivity contribution in [1.29, 1.82) is 0 Å². The first-order chi connectivity index (χ1) is 14.4. The second-order valence-corrected chi connectivity index (χ2v) is 10.0. The van der Waals surface area contributed by atoms with Crippen molar-refractivity contribution >= 4 is 21.8 Å². The predicted molar refractivity (Wildman–Crippen MR) is 115 cm³/mol. The Morgan fingerprint density at radius 1 is 1.13 bits per heavy atom. The summed E-state index contributed by atoms with van der Waals surface area (Å²) in [7, 11) is -3.78. The van der Waals surface area contributed by atoms with Crippen molar-refractivity contribution in [2.45, 2.75) is 55.9 Å². The molecule has 2 N–H and O–H groups in total. The molecule has 8 heteroatoms. The Balaban J connectivity index is 1.68. The van der Waals surface area contributed by atoms with E-state index < -0.39 is 10.0 Å². The maximum atomic E-state index is 13.2. The maximum Gasteiger partial charge on any atom is 0.251 e. The summed E-state index contributed by atoms with van der Waals surface area (Å²) in [6.07, 6.45) is 8.37. The molecule has 1 aromatic carbocycles. The third-order valence-electron chi connectivity index (χ3n) is 5.85. The smallest absolute Gasteiger partial charge is 0.251 e. The summed E-state index contributed by atoms with van der Waals surface area (Å²) in [6, 6.07) is 6.23. The summed E-state index contributed by atoms with van der Waals surface area (Å²) < 4.78 is 27.7. The number of rotatable bonds is 7. The van der Waals surface area contributed by atoms with Crippen LogP contribution in [0.5, 0.6) is 0 Å². The Labute approximate surface area is 179 Å². The minimum absolute atomic E-state index is 0.0423. The van der Waals surface area contributed by atoms with Gasteiger partial charge in [0.15, 0.2) is 0 Å². The average molecular weight is 434 g/mol. The highest BCUT2D eigenvalue weighted by atomic mass is 32.2. The highest BCUT2D eigenvalue weighted by Crippen LogP contribution is 2.25. The second-order valence-electron chi connectivity index (χ2n) is 8.07. The van der Waals surface area contributed by atoms with Gasteiger partial charge < -0.3 is 10.6 Å². The standard InChI is InChI=1S/C22H31N3O4S/c1-2-13-23-21(26)17-8-6-12-20(15-17)30(28,29)25-14-7-9-18(16-25)22(27)24-19-10-4-3-5-11-19/h2,6,8,12,15,18-19H,1,3-5,7,9-11,13-14,16H2,(H,23,26)(H,24,27). The summed E-state index contributed by atoms with van der Waals surface area (Å²) in [5, 5.41) is 5.77. The lowest BCUT2D eigenvalue weighted by Gasteiger charge is -2.32. The monoisotopic (exact) mass is 433 g/mol. The minimum atomic E-state index is -3.78. The van der Waals surface area contributed by atoms with Crippen LogP contribution in [0.15, 0.2) is 41.8 Å². The SMILES string of the molecule is C=CCNC(=O)c1cccc(S(=O)(=O)N2CCCC(C(=O)NC3CCCCC3)C2)c1. The van der Waals surface area contributed by atoms with Crippen LogP contribution in [-0.4, -0.2) is 50.2 Å². The van der Waals surface area contributed by atoms with Gasteiger partial charge in [0.2, 0.25) is 15.9 Å². The molecule has 1 aliphatic carbocycles. The Hall–Kier alpha value is -2.19. The largest absolute Gasteiger partial charge is 0.353 e. The van der Waals surface area contributed by atoms with E-state index in [1.807, 2.05) is 0 Å². The van der Waals surface area contributed by atoms with E-state index >= 15 is 0 Å². The van der Waals surface area contributed by atoms with E-state index in [9.17, 15) is 18.0 Å². The van der Waals surface area contributed by atoms with Gasteiger partial charge in [0, 0.05) is 31.2 Å². The van der Waals surface area contributed by atoms with E-state index in [1.54, 1.807) is 18.2 Å². The van der Waals surface area contributed by atoms with Crippen molar-refractivity contribution in [1.82, 2.24) is 14.9 Å². The van der Waals surface area contributed by atoms with E-state index in [1.165, 1.54) is 22.9 Å². The number of benzene rings is 1. The summed E-state index contributed by atoms with van der Waals surface area (Å²) in [5.74, 6) is -0.732. The number of carbonyl (C=O) groups excluding carboxylic acids is 2. The molecule has 30 heavy (non-hydrogen) atoms. The van der Waals surface area contributed by atoms with Gasteiger partial charge >= 0.3 is 0 Å². The van der Waals surface area contributed by atoms with Crippen molar-refractivity contribution in [2.75, 3.05) is 19.6 Å². The van der Waals surface area contributed by atoms with Crippen LogP contribution in [0.1, 0.15) is 55.3 Å². The lowest BCUT2D eigenvalue weighted by Crippen LogP contribution is -2.47. The number of piperidine rings is 1. The third kappa shape index (κ3) is 5.49. The Kier molecular flexibility index (Phi) is 7.66. The first-order valence-electron chi connectivity index (χ1n) is 10.7. The zero-order chi connectivity index (χ0) is 21.6. The zero-order valence-electron chi connectivity index (χ0n) is 17.3. The molecule has 1 aromatic rings. The maximum absolute atomic E-state index is 13.2. The molecule has 2 aliphatic rings. The molecule has 1 unspecified atom stereocenters. The fourth-order valence-corrected chi connectivity index (χ4v) is 5.72. The molecule has 1 atom stereocenters. The van der Waals surface area contributed by atoms with Gasteiger partial charge in [-0.2, -0.15) is 4.31 Å². The predicted octanol–water partition coefficient (Wildman–Crippen LogP) is 2.45. The number of carbonyl (C=O) groups is 2. The van der Waals surface area contributed by atoms with E-state index in [2.05, 4.69) is 17.2 Å². The van der Waals surface area contributed by atoms with Crippen LogP contribution >= 0.6 is 0 Å². The average Bonchev–Trinajstić information content (AvgIpc) is 2.78. The Morgan fingerprint density at radius 2 is 1.90 bits per heavy atom. The van der Waals surface area contributed by atoms with Crippen LogP contribution in [0.4, 0.5) is 0 Å². The van der Waals surface area contributed by atoms with E-state index in [0.717, 1.165) is 25.7 Å². The number of nitrogens with one attached hydrogen (secondary N) is 2. The second kappa shape index (κ2) is 10.2. The van der Waals surface area contributed by atoms with E-state index in [0.29, 0.717) is 25.9 Å². The molecule has 0 bridgehead atoms. The summed E-state index contributed by atoms with van der Waals surface area (Å²) in [5.41, 5.74) is 0.279. The summed E-state index contributed by atoms with van der Waals surface area (Å²) in [6.45, 7) is 4.41. The Morgan fingerprint density at radius 3 is 2.63 bits per heavy atom. The molecule has 0 radical (unpaired) electrons. The van der Waals surface area contributed by atoms with Gasteiger partial charge in [0.1, 0.15) is 0 Å². The van der Waals surface area contributed by atoms with Crippen molar-refractivity contribution < 1.29 is 18.0 Å². The molecule has 2 amide bonds. The first-order valence-corrected chi connectivity index (χ1v) is 12.2. The van der Waals surface area contributed by atoms with Gasteiger partial charge in [0.05, 0.1) is 10.8 Å². The van der Waals surface area contributed by atoms with E-state index in [-0.39, 0.29) is 40.8 Å². The highest BCUT2D eigenvalue weighted by molar-refractivity contribution is 7.89. The number of sulfonamides is 1. The molecule has 164 valence electrons. The summed E-state index contributed by atoms with van der Waals surface area (Å²) >= 11 is 0. The lowest BCUT2D eigenvalue weighted by atomic mass is 9.93. The zero-order valence-corrected chi connectivity index (χ0v) is 18.1. The van der Waals surface area contributed by atoms with Crippen molar-refractivity contribution in [3.8, 4) is 0 Å². The van der Waals surface area contributed by atoms with Gasteiger partial charge in [-0.15, -0.1) is 6.58 Å². The molecule has 7 nitrogen and oxygen atoms in total. The highest BCUT2D eigenvalue weighted by Gasteiger charge is 2.34. The number of amides is 2. The normalized spacial score (nSPS) is 21.0. The van der Waals surface area contributed by atoms with Crippen molar-refractivity contribution in [3.63, 3.8) is 0 Å². The fourth-order valence-electron chi connectivity index (χ4n) is 4.15. The lowest BCUT2D eigenvalue weighted by molar-refractivity contribution is -0.127. The van der Waals surface area contributed by atoms with Gasteiger partial charge in [-0.25, -0.2) is 8.42 Å². The molecular formula is C22H31N3O4S. The number of hydrogen-bond acceptors (Lipinski definition) is 4. The molecule has 3 rings (SSSR count). The van der Waals surface area contributed by atoms with Gasteiger partial charge in [-0.1, -0.05) is 31.4 Å². The molecule has 0 spiro atoms. The van der Waals surface area contributed by atoms with E-state index in [4.69, 9.17) is 0 Å².